The molecule has 0 aliphatic heterocycles. The summed E-state index contributed by atoms with van der Waals surface area (Å²) >= 11 is 0. The summed E-state index contributed by atoms with van der Waals surface area (Å²) in [6, 6.07) is 26.0. The molecule has 0 heterocycles. The van der Waals surface area contributed by atoms with Crippen LogP contribution in [0.4, 0.5) is 0 Å². The lowest BCUT2D eigenvalue weighted by Gasteiger charge is -2.08. The zero-order valence-corrected chi connectivity index (χ0v) is 15.6. The molecule has 0 radical (unpaired) electrons. The van der Waals surface area contributed by atoms with Crippen molar-refractivity contribution in [2.45, 2.75) is 6.92 Å². The van der Waals surface area contributed by atoms with E-state index in [1.165, 1.54) is 0 Å². The second-order valence-electron chi connectivity index (χ2n) is 6.63. The standard InChI is InChI=1S/C24H20N2O2/c1-17-10-12-20(13-11-17)28-16-24(27)26-25-15-23-21-8-4-2-6-18(21)14-19-7-3-5-9-22(19)23/h2-15H,16H2,1H3,(H,26,27)/b25-15-. The van der Waals surface area contributed by atoms with Gasteiger partial charge >= 0.3 is 0 Å². The van der Waals surface area contributed by atoms with E-state index in [0.717, 1.165) is 32.7 Å². The van der Waals surface area contributed by atoms with Crippen molar-refractivity contribution in [3.8, 4) is 5.75 Å². The normalized spacial score (nSPS) is 11.2. The third-order valence-electron chi connectivity index (χ3n) is 4.59. The Morgan fingerprint density at radius 3 is 2.18 bits per heavy atom. The Labute approximate surface area is 163 Å². The van der Waals surface area contributed by atoms with E-state index in [9.17, 15) is 4.79 Å². The van der Waals surface area contributed by atoms with E-state index >= 15 is 0 Å². The molecule has 0 aliphatic rings. The van der Waals surface area contributed by atoms with E-state index in [0.29, 0.717) is 5.75 Å². The van der Waals surface area contributed by atoms with Gasteiger partial charge in [-0.2, -0.15) is 5.10 Å². The Kier molecular flexibility index (Phi) is 5.02. The Hall–Kier alpha value is -3.66. The minimum atomic E-state index is -0.304. The van der Waals surface area contributed by atoms with Crippen LogP contribution < -0.4 is 10.2 Å². The molecule has 4 rings (SSSR count). The quantitative estimate of drug-likeness (QED) is 0.312. The second-order valence-corrected chi connectivity index (χ2v) is 6.63. The number of fused-ring (bicyclic) bond motifs is 2. The number of amides is 1. The van der Waals surface area contributed by atoms with E-state index in [1.807, 2.05) is 55.5 Å². The molecule has 4 aromatic rings. The number of hydrogen-bond donors (Lipinski definition) is 1. The number of hydrogen-bond acceptors (Lipinski definition) is 3. The number of aryl methyl sites for hydroxylation is 1. The van der Waals surface area contributed by atoms with Gasteiger partial charge in [0.2, 0.25) is 0 Å². The molecule has 28 heavy (non-hydrogen) atoms. The van der Waals surface area contributed by atoms with Gasteiger partial charge in [0.15, 0.2) is 6.61 Å². The first-order valence-corrected chi connectivity index (χ1v) is 9.12. The summed E-state index contributed by atoms with van der Waals surface area (Å²) in [7, 11) is 0. The van der Waals surface area contributed by atoms with Crippen molar-refractivity contribution in [3.05, 3.63) is 90.0 Å². The fourth-order valence-corrected chi connectivity index (χ4v) is 3.17. The molecule has 0 bridgehead atoms. The molecule has 4 nitrogen and oxygen atoms in total. The highest BCUT2D eigenvalue weighted by molar-refractivity contribution is 6.13. The summed E-state index contributed by atoms with van der Waals surface area (Å²) in [6.45, 7) is 1.92. The zero-order valence-electron chi connectivity index (χ0n) is 15.6. The fourth-order valence-electron chi connectivity index (χ4n) is 3.17. The van der Waals surface area contributed by atoms with E-state index in [1.54, 1.807) is 6.21 Å². The topological polar surface area (TPSA) is 50.7 Å². The number of rotatable bonds is 5. The molecule has 0 saturated heterocycles. The van der Waals surface area contributed by atoms with Crippen molar-refractivity contribution in [3.63, 3.8) is 0 Å². The first kappa shape index (κ1) is 17.7. The van der Waals surface area contributed by atoms with Crippen LogP contribution in [0, 0.1) is 6.92 Å². The van der Waals surface area contributed by atoms with E-state index < -0.39 is 0 Å². The van der Waals surface area contributed by atoms with Crippen molar-refractivity contribution in [2.75, 3.05) is 6.61 Å². The van der Waals surface area contributed by atoms with Crippen molar-refractivity contribution in [2.24, 2.45) is 5.10 Å². The lowest BCUT2D eigenvalue weighted by atomic mass is 9.97. The first-order chi connectivity index (χ1) is 13.7. The molecule has 0 atom stereocenters. The van der Waals surface area contributed by atoms with Crippen LogP contribution in [-0.4, -0.2) is 18.7 Å². The Bertz CT molecular complexity index is 1110. The summed E-state index contributed by atoms with van der Waals surface area (Å²) in [5.41, 5.74) is 4.67. The molecule has 138 valence electrons. The van der Waals surface area contributed by atoms with Crippen molar-refractivity contribution in [1.29, 1.82) is 0 Å². The molecular weight excluding hydrogens is 348 g/mol. The molecular formula is C24H20N2O2. The lowest BCUT2D eigenvalue weighted by Crippen LogP contribution is -2.24. The minimum Gasteiger partial charge on any atom is -0.484 e. The summed E-state index contributed by atoms with van der Waals surface area (Å²) < 4.78 is 5.48. The largest absolute Gasteiger partial charge is 0.484 e. The highest BCUT2D eigenvalue weighted by atomic mass is 16.5. The van der Waals surface area contributed by atoms with E-state index in [4.69, 9.17) is 4.74 Å². The van der Waals surface area contributed by atoms with Crippen molar-refractivity contribution < 1.29 is 9.53 Å². The van der Waals surface area contributed by atoms with Gasteiger partial charge < -0.3 is 4.74 Å². The minimum absolute atomic E-state index is 0.0866. The number of carbonyl (C=O) groups is 1. The van der Waals surface area contributed by atoms with Crippen LogP contribution in [-0.2, 0) is 4.79 Å². The van der Waals surface area contributed by atoms with E-state index in [2.05, 4.69) is 40.9 Å². The van der Waals surface area contributed by atoms with Crippen LogP contribution in [0.25, 0.3) is 21.5 Å². The number of hydrazone groups is 1. The van der Waals surface area contributed by atoms with Crippen LogP contribution in [0.3, 0.4) is 0 Å². The predicted molar refractivity (Wildman–Crippen MR) is 114 cm³/mol. The lowest BCUT2D eigenvalue weighted by molar-refractivity contribution is -0.123. The maximum atomic E-state index is 12.1. The molecule has 4 heteroatoms. The molecule has 0 spiro atoms. The van der Waals surface area contributed by atoms with Gasteiger partial charge in [-0.3, -0.25) is 4.79 Å². The van der Waals surface area contributed by atoms with Crippen LogP contribution in [0.2, 0.25) is 0 Å². The zero-order chi connectivity index (χ0) is 19.3. The highest BCUT2D eigenvalue weighted by Gasteiger charge is 2.06. The van der Waals surface area contributed by atoms with Crippen molar-refractivity contribution >= 4 is 33.7 Å². The Morgan fingerprint density at radius 2 is 1.54 bits per heavy atom. The third kappa shape index (κ3) is 3.86. The summed E-state index contributed by atoms with van der Waals surface area (Å²) in [5.74, 6) is 0.353. The van der Waals surface area contributed by atoms with Gasteiger partial charge in [0.25, 0.3) is 5.91 Å². The van der Waals surface area contributed by atoms with Crippen molar-refractivity contribution in [1.82, 2.24) is 5.43 Å². The van der Waals surface area contributed by atoms with Gasteiger partial charge in [0.05, 0.1) is 6.21 Å². The number of benzene rings is 4. The SMILES string of the molecule is Cc1ccc(OCC(=O)N/N=C\c2c3ccccc3cc3ccccc23)cc1. The molecule has 0 unspecified atom stereocenters. The average Bonchev–Trinajstić information content (AvgIpc) is 2.73. The van der Waals surface area contributed by atoms with Gasteiger partial charge in [-0.05, 0) is 46.7 Å². The number of nitrogens with one attached hydrogen (secondary N) is 1. The highest BCUT2D eigenvalue weighted by Crippen LogP contribution is 2.27. The van der Waals surface area contributed by atoms with Crippen LogP contribution in [0.5, 0.6) is 5.75 Å². The number of nitrogens with zero attached hydrogens (tertiary/aromatic N) is 1. The predicted octanol–water partition coefficient (Wildman–Crippen LogP) is 4.83. The third-order valence-corrected chi connectivity index (χ3v) is 4.59. The molecule has 0 saturated carbocycles. The summed E-state index contributed by atoms with van der Waals surface area (Å²) in [5, 5.41) is 8.62. The van der Waals surface area contributed by atoms with Crippen LogP contribution in [0.1, 0.15) is 11.1 Å². The molecule has 0 fully saturated rings. The Balaban J connectivity index is 1.51. The smallest absolute Gasteiger partial charge is 0.277 e. The summed E-state index contributed by atoms with van der Waals surface area (Å²) in [4.78, 5) is 12.1. The molecule has 4 aromatic carbocycles. The van der Waals surface area contributed by atoms with Gasteiger partial charge in [-0.1, -0.05) is 66.2 Å². The maximum absolute atomic E-state index is 12.1. The van der Waals surface area contributed by atoms with Gasteiger partial charge in [-0.15, -0.1) is 0 Å². The van der Waals surface area contributed by atoms with Gasteiger partial charge in [0, 0.05) is 5.56 Å². The van der Waals surface area contributed by atoms with Gasteiger partial charge in [-0.25, -0.2) is 5.43 Å². The average molecular weight is 368 g/mol. The molecule has 0 aliphatic carbocycles. The molecule has 1 amide bonds. The second kappa shape index (κ2) is 7.92. The van der Waals surface area contributed by atoms with Gasteiger partial charge in [0.1, 0.15) is 5.75 Å². The Morgan fingerprint density at radius 1 is 0.929 bits per heavy atom. The molecule has 0 aromatic heterocycles. The monoisotopic (exact) mass is 368 g/mol. The van der Waals surface area contributed by atoms with Crippen LogP contribution in [0.15, 0.2) is 84.0 Å². The number of carbonyl (C=O) groups excluding carboxylic acids is 1. The fraction of sp³-hybridized carbons (Fsp3) is 0.0833. The van der Waals surface area contributed by atoms with E-state index in [-0.39, 0.29) is 12.5 Å². The number of ether oxygens (including phenoxy) is 1. The summed E-state index contributed by atoms with van der Waals surface area (Å²) in [6.07, 6.45) is 1.70. The van der Waals surface area contributed by atoms with Crippen LogP contribution >= 0.6 is 0 Å². The maximum Gasteiger partial charge on any atom is 0.277 e. The first-order valence-electron chi connectivity index (χ1n) is 9.12. The molecule has 1 N–H and O–H groups in total.